The molecule has 0 bridgehead atoms. The van der Waals surface area contributed by atoms with E-state index in [1.54, 1.807) is 7.11 Å². The Hall–Kier alpha value is -2.82. The molecule has 1 atom stereocenters. The summed E-state index contributed by atoms with van der Waals surface area (Å²) in [6.45, 7) is 3.69. The predicted octanol–water partition coefficient (Wildman–Crippen LogP) is 4.41. The van der Waals surface area contributed by atoms with Gasteiger partial charge in [-0.05, 0) is 35.7 Å². The van der Waals surface area contributed by atoms with Gasteiger partial charge in [-0.3, -0.25) is 0 Å². The molecule has 0 fully saturated rings. The SMILES string of the molecule is COc1cc(CNC[C@@H](O)c2ccccc2)ccc1OCc1ccc(C)cc1. The van der Waals surface area contributed by atoms with E-state index in [-0.39, 0.29) is 0 Å². The summed E-state index contributed by atoms with van der Waals surface area (Å²) in [7, 11) is 1.64. The lowest BCUT2D eigenvalue weighted by atomic mass is 10.1. The lowest BCUT2D eigenvalue weighted by Crippen LogP contribution is -2.21. The van der Waals surface area contributed by atoms with Gasteiger partial charge in [0, 0.05) is 13.1 Å². The Morgan fingerprint density at radius 3 is 2.32 bits per heavy atom. The summed E-state index contributed by atoms with van der Waals surface area (Å²) < 4.78 is 11.4. The van der Waals surface area contributed by atoms with Gasteiger partial charge in [-0.2, -0.15) is 0 Å². The van der Waals surface area contributed by atoms with E-state index in [1.807, 2.05) is 48.5 Å². The quantitative estimate of drug-likeness (QED) is 0.580. The third-order valence-corrected chi connectivity index (χ3v) is 4.59. The number of benzene rings is 3. The van der Waals surface area contributed by atoms with Gasteiger partial charge in [0.25, 0.3) is 0 Å². The summed E-state index contributed by atoms with van der Waals surface area (Å²) in [5.74, 6) is 1.42. The highest BCUT2D eigenvalue weighted by atomic mass is 16.5. The van der Waals surface area contributed by atoms with Crippen LogP contribution in [-0.2, 0) is 13.2 Å². The molecular formula is C24H27NO3. The molecule has 3 aromatic carbocycles. The van der Waals surface area contributed by atoms with Crippen molar-refractivity contribution in [2.75, 3.05) is 13.7 Å². The van der Waals surface area contributed by atoms with E-state index in [0.717, 1.165) is 22.4 Å². The molecule has 3 rings (SSSR count). The van der Waals surface area contributed by atoms with E-state index in [9.17, 15) is 5.11 Å². The van der Waals surface area contributed by atoms with Gasteiger partial charge in [0.05, 0.1) is 13.2 Å². The van der Waals surface area contributed by atoms with E-state index in [2.05, 4.69) is 36.5 Å². The highest BCUT2D eigenvalue weighted by Gasteiger charge is 2.09. The maximum Gasteiger partial charge on any atom is 0.161 e. The summed E-state index contributed by atoms with van der Waals surface area (Å²) in [5, 5.41) is 13.5. The van der Waals surface area contributed by atoms with E-state index < -0.39 is 6.10 Å². The molecule has 3 aromatic rings. The minimum atomic E-state index is -0.528. The Labute approximate surface area is 166 Å². The maximum atomic E-state index is 10.2. The highest BCUT2D eigenvalue weighted by molar-refractivity contribution is 5.43. The summed E-state index contributed by atoms with van der Waals surface area (Å²) in [5.41, 5.74) is 4.33. The first-order valence-electron chi connectivity index (χ1n) is 9.44. The lowest BCUT2D eigenvalue weighted by molar-refractivity contribution is 0.174. The molecule has 2 N–H and O–H groups in total. The fraction of sp³-hybridized carbons (Fsp3) is 0.250. The zero-order valence-electron chi connectivity index (χ0n) is 16.4. The number of hydrogen-bond donors (Lipinski definition) is 2. The van der Waals surface area contributed by atoms with Crippen LogP contribution in [-0.4, -0.2) is 18.8 Å². The van der Waals surface area contributed by atoms with Gasteiger partial charge >= 0.3 is 0 Å². The van der Waals surface area contributed by atoms with Crippen molar-refractivity contribution in [1.82, 2.24) is 5.32 Å². The van der Waals surface area contributed by atoms with Crippen molar-refractivity contribution in [3.63, 3.8) is 0 Å². The summed E-state index contributed by atoms with van der Waals surface area (Å²) in [6.07, 6.45) is -0.528. The average Bonchev–Trinajstić information content (AvgIpc) is 2.74. The van der Waals surface area contributed by atoms with Crippen molar-refractivity contribution in [2.45, 2.75) is 26.2 Å². The molecule has 0 unspecified atom stereocenters. The smallest absolute Gasteiger partial charge is 0.161 e. The van der Waals surface area contributed by atoms with Crippen molar-refractivity contribution < 1.29 is 14.6 Å². The summed E-state index contributed by atoms with van der Waals surface area (Å²) in [6, 6.07) is 23.8. The minimum absolute atomic E-state index is 0.484. The van der Waals surface area contributed by atoms with Crippen LogP contribution < -0.4 is 14.8 Å². The van der Waals surface area contributed by atoms with Crippen LogP contribution in [0, 0.1) is 6.92 Å². The number of nitrogens with one attached hydrogen (secondary N) is 1. The third kappa shape index (κ3) is 5.59. The average molecular weight is 377 g/mol. The number of aliphatic hydroxyl groups excluding tert-OH is 1. The third-order valence-electron chi connectivity index (χ3n) is 4.59. The number of aryl methyl sites for hydroxylation is 1. The molecule has 28 heavy (non-hydrogen) atoms. The number of rotatable bonds is 9. The van der Waals surface area contributed by atoms with Crippen LogP contribution in [0.1, 0.15) is 28.4 Å². The van der Waals surface area contributed by atoms with E-state index in [0.29, 0.717) is 25.4 Å². The van der Waals surface area contributed by atoms with Gasteiger partial charge in [0.15, 0.2) is 11.5 Å². The topological polar surface area (TPSA) is 50.7 Å². The lowest BCUT2D eigenvalue weighted by Gasteiger charge is -2.14. The Morgan fingerprint density at radius 1 is 0.893 bits per heavy atom. The standard InChI is InChI=1S/C24H27NO3/c1-18-8-10-19(11-9-18)17-28-23-13-12-20(14-24(23)27-2)15-25-16-22(26)21-6-4-3-5-7-21/h3-14,22,25-26H,15-17H2,1-2H3/t22-/m1/s1. The first-order valence-corrected chi connectivity index (χ1v) is 9.44. The fourth-order valence-corrected chi connectivity index (χ4v) is 2.93. The molecule has 0 spiro atoms. The number of methoxy groups -OCH3 is 1. The van der Waals surface area contributed by atoms with Crippen molar-refractivity contribution in [2.24, 2.45) is 0 Å². The van der Waals surface area contributed by atoms with Gasteiger partial charge in [0.2, 0.25) is 0 Å². The van der Waals surface area contributed by atoms with Gasteiger partial charge in [-0.25, -0.2) is 0 Å². The Morgan fingerprint density at radius 2 is 1.61 bits per heavy atom. The Kier molecular flexibility index (Phi) is 7.06. The fourth-order valence-electron chi connectivity index (χ4n) is 2.93. The molecule has 0 saturated heterocycles. The minimum Gasteiger partial charge on any atom is -0.493 e. The normalized spacial score (nSPS) is 11.8. The molecule has 0 amide bonds. The number of ether oxygens (including phenoxy) is 2. The molecule has 0 aliphatic heterocycles. The van der Waals surface area contributed by atoms with Crippen LogP contribution in [0.5, 0.6) is 11.5 Å². The molecular weight excluding hydrogens is 350 g/mol. The van der Waals surface area contributed by atoms with Crippen LogP contribution in [0.15, 0.2) is 72.8 Å². The number of hydrogen-bond acceptors (Lipinski definition) is 4. The molecule has 4 heteroatoms. The molecule has 0 aromatic heterocycles. The largest absolute Gasteiger partial charge is 0.493 e. The number of aliphatic hydroxyl groups is 1. The molecule has 0 aliphatic carbocycles. The maximum absolute atomic E-state index is 10.2. The van der Waals surface area contributed by atoms with Crippen molar-refractivity contribution in [1.29, 1.82) is 0 Å². The second-order valence-corrected chi connectivity index (χ2v) is 6.82. The Bertz CT molecular complexity index is 863. The van der Waals surface area contributed by atoms with Crippen LogP contribution >= 0.6 is 0 Å². The van der Waals surface area contributed by atoms with E-state index >= 15 is 0 Å². The van der Waals surface area contributed by atoms with E-state index in [4.69, 9.17) is 9.47 Å². The van der Waals surface area contributed by atoms with Crippen molar-refractivity contribution >= 4 is 0 Å². The molecule has 0 aliphatic rings. The second kappa shape index (κ2) is 9.93. The molecule has 146 valence electrons. The molecule has 0 saturated carbocycles. The van der Waals surface area contributed by atoms with Crippen LogP contribution in [0.2, 0.25) is 0 Å². The van der Waals surface area contributed by atoms with Crippen LogP contribution in [0.3, 0.4) is 0 Å². The van der Waals surface area contributed by atoms with Crippen molar-refractivity contribution in [3.8, 4) is 11.5 Å². The zero-order valence-corrected chi connectivity index (χ0v) is 16.4. The predicted molar refractivity (Wildman–Crippen MR) is 112 cm³/mol. The second-order valence-electron chi connectivity index (χ2n) is 6.82. The van der Waals surface area contributed by atoms with Gasteiger partial charge in [0.1, 0.15) is 6.61 Å². The first kappa shape index (κ1) is 19.9. The van der Waals surface area contributed by atoms with Crippen LogP contribution in [0.25, 0.3) is 0 Å². The molecule has 4 nitrogen and oxygen atoms in total. The summed E-state index contributed by atoms with van der Waals surface area (Å²) in [4.78, 5) is 0. The van der Waals surface area contributed by atoms with Gasteiger partial charge in [-0.15, -0.1) is 0 Å². The zero-order chi connectivity index (χ0) is 19.8. The van der Waals surface area contributed by atoms with Crippen LogP contribution in [0.4, 0.5) is 0 Å². The van der Waals surface area contributed by atoms with Gasteiger partial charge in [-0.1, -0.05) is 66.2 Å². The molecule has 0 heterocycles. The Balaban J connectivity index is 1.54. The van der Waals surface area contributed by atoms with Gasteiger partial charge < -0.3 is 19.9 Å². The van der Waals surface area contributed by atoms with Crippen molar-refractivity contribution in [3.05, 3.63) is 95.1 Å². The molecule has 0 radical (unpaired) electrons. The first-order chi connectivity index (χ1) is 13.7. The van der Waals surface area contributed by atoms with E-state index in [1.165, 1.54) is 5.56 Å². The monoisotopic (exact) mass is 377 g/mol. The summed E-state index contributed by atoms with van der Waals surface area (Å²) >= 11 is 0. The highest BCUT2D eigenvalue weighted by Crippen LogP contribution is 2.29.